The van der Waals surface area contributed by atoms with Crippen molar-refractivity contribution in [1.82, 2.24) is 0 Å². The highest BCUT2D eigenvalue weighted by Gasteiger charge is 2.08. The number of hydrogen-bond donors (Lipinski definition) is 1. The number of rotatable bonds is 5. The topological polar surface area (TPSA) is 44.5 Å². The van der Waals surface area contributed by atoms with Crippen molar-refractivity contribution in [2.45, 2.75) is 6.61 Å². The summed E-state index contributed by atoms with van der Waals surface area (Å²) in [6.07, 6.45) is 0. The second-order valence-corrected chi connectivity index (χ2v) is 5.54. The summed E-state index contributed by atoms with van der Waals surface area (Å²) < 4.78 is 11.9. The van der Waals surface area contributed by atoms with E-state index in [-0.39, 0.29) is 0 Å². The van der Waals surface area contributed by atoms with E-state index < -0.39 is 0 Å². The molecule has 0 amide bonds. The predicted octanol–water partition coefficient (Wildman–Crippen LogP) is 4.02. The van der Waals surface area contributed by atoms with E-state index in [0.717, 1.165) is 15.8 Å². The first-order chi connectivity index (χ1) is 9.60. The molecule has 0 aliphatic heterocycles. The third kappa shape index (κ3) is 3.79. The standard InChI is InChI=1S/C15H14BrNO2S/c1-18-9-10-3-2-4-12(7-10)19-14-8-11(16)5-6-13(14)15(17)20/h2-8H,9H2,1H3,(H2,17,20). The third-order valence-corrected chi connectivity index (χ3v) is 3.36. The zero-order valence-electron chi connectivity index (χ0n) is 10.9. The number of nitrogens with two attached hydrogens (primary N) is 1. The Kier molecular flexibility index (Phi) is 5.11. The molecule has 0 bridgehead atoms. The molecule has 2 aromatic rings. The Hall–Kier alpha value is -1.43. The van der Waals surface area contributed by atoms with Gasteiger partial charge in [0.1, 0.15) is 16.5 Å². The predicted molar refractivity (Wildman–Crippen MR) is 87.3 cm³/mol. The van der Waals surface area contributed by atoms with E-state index in [2.05, 4.69) is 15.9 Å². The Morgan fingerprint density at radius 1 is 1.25 bits per heavy atom. The number of methoxy groups -OCH3 is 1. The van der Waals surface area contributed by atoms with Crippen LogP contribution in [0.25, 0.3) is 0 Å². The average Bonchev–Trinajstić information content (AvgIpc) is 2.39. The minimum absolute atomic E-state index is 0.306. The molecule has 0 spiro atoms. The molecule has 0 fully saturated rings. The maximum absolute atomic E-state index is 5.89. The molecule has 2 aromatic carbocycles. The lowest BCUT2D eigenvalue weighted by Gasteiger charge is -2.11. The molecule has 20 heavy (non-hydrogen) atoms. The average molecular weight is 352 g/mol. The van der Waals surface area contributed by atoms with Gasteiger partial charge in [-0.1, -0.05) is 40.3 Å². The van der Waals surface area contributed by atoms with Gasteiger partial charge in [0.25, 0.3) is 0 Å². The van der Waals surface area contributed by atoms with Crippen LogP contribution in [0.1, 0.15) is 11.1 Å². The molecule has 0 aromatic heterocycles. The van der Waals surface area contributed by atoms with Crippen LogP contribution in [0.3, 0.4) is 0 Å². The van der Waals surface area contributed by atoms with E-state index in [0.29, 0.717) is 22.9 Å². The molecule has 3 nitrogen and oxygen atoms in total. The lowest BCUT2D eigenvalue weighted by atomic mass is 10.2. The summed E-state index contributed by atoms with van der Waals surface area (Å²) in [5.41, 5.74) is 7.46. The third-order valence-electron chi connectivity index (χ3n) is 2.65. The van der Waals surface area contributed by atoms with Gasteiger partial charge in [-0.3, -0.25) is 0 Å². The summed E-state index contributed by atoms with van der Waals surface area (Å²) in [6.45, 7) is 0.540. The van der Waals surface area contributed by atoms with Gasteiger partial charge in [-0.25, -0.2) is 0 Å². The fourth-order valence-corrected chi connectivity index (χ4v) is 2.29. The van der Waals surface area contributed by atoms with E-state index in [1.165, 1.54) is 0 Å². The Morgan fingerprint density at radius 3 is 2.75 bits per heavy atom. The van der Waals surface area contributed by atoms with Gasteiger partial charge in [-0.15, -0.1) is 0 Å². The van der Waals surface area contributed by atoms with Crippen molar-refractivity contribution >= 4 is 33.1 Å². The molecule has 0 atom stereocenters. The molecule has 0 saturated heterocycles. The van der Waals surface area contributed by atoms with Gasteiger partial charge in [0.2, 0.25) is 0 Å². The Morgan fingerprint density at radius 2 is 2.05 bits per heavy atom. The summed E-state index contributed by atoms with van der Waals surface area (Å²) in [7, 11) is 1.66. The summed E-state index contributed by atoms with van der Waals surface area (Å²) in [4.78, 5) is 0.306. The maximum atomic E-state index is 5.89. The molecule has 0 radical (unpaired) electrons. The van der Waals surface area contributed by atoms with Crippen molar-refractivity contribution in [2.24, 2.45) is 5.73 Å². The van der Waals surface area contributed by atoms with E-state index in [1.807, 2.05) is 42.5 Å². The van der Waals surface area contributed by atoms with Gasteiger partial charge in [0, 0.05) is 11.6 Å². The van der Waals surface area contributed by atoms with Gasteiger partial charge in [0.15, 0.2) is 0 Å². The summed E-state index contributed by atoms with van der Waals surface area (Å²) in [5, 5.41) is 0. The van der Waals surface area contributed by atoms with Crippen LogP contribution in [-0.2, 0) is 11.3 Å². The normalized spacial score (nSPS) is 10.3. The highest BCUT2D eigenvalue weighted by Crippen LogP contribution is 2.29. The van der Waals surface area contributed by atoms with E-state index in [1.54, 1.807) is 7.11 Å². The van der Waals surface area contributed by atoms with E-state index in [9.17, 15) is 0 Å². The summed E-state index contributed by atoms with van der Waals surface area (Å²) in [5.74, 6) is 1.34. The van der Waals surface area contributed by atoms with E-state index >= 15 is 0 Å². The van der Waals surface area contributed by atoms with Crippen LogP contribution >= 0.6 is 28.1 Å². The van der Waals surface area contributed by atoms with Gasteiger partial charge in [-0.2, -0.15) is 0 Å². The first-order valence-electron chi connectivity index (χ1n) is 5.95. The van der Waals surface area contributed by atoms with Crippen LogP contribution in [0.2, 0.25) is 0 Å². The van der Waals surface area contributed by atoms with Gasteiger partial charge in [0.05, 0.1) is 12.2 Å². The Labute approximate surface area is 131 Å². The zero-order chi connectivity index (χ0) is 14.5. The van der Waals surface area contributed by atoms with Crippen LogP contribution in [-0.4, -0.2) is 12.1 Å². The minimum atomic E-state index is 0.306. The molecule has 104 valence electrons. The first kappa shape index (κ1) is 15.0. The smallest absolute Gasteiger partial charge is 0.138 e. The molecule has 0 unspecified atom stereocenters. The second kappa shape index (κ2) is 6.83. The van der Waals surface area contributed by atoms with Crippen LogP contribution in [0.15, 0.2) is 46.9 Å². The highest BCUT2D eigenvalue weighted by atomic mass is 79.9. The summed E-state index contributed by atoms with van der Waals surface area (Å²) in [6, 6.07) is 13.3. The van der Waals surface area contributed by atoms with Crippen LogP contribution in [0, 0.1) is 0 Å². The van der Waals surface area contributed by atoms with Gasteiger partial charge >= 0.3 is 0 Å². The molecule has 0 saturated carbocycles. The highest BCUT2D eigenvalue weighted by molar-refractivity contribution is 9.10. The summed E-state index contributed by atoms with van der Waals surface area (Å²) >= 11 is 8.45. The van der Waals surface area contributed by atoms with Crippen LogP contribution < -0.4 is 10.5 Å². The largest absolute Gasteiger partial charge is 0.457 e. The number of halogens is 1. The monoisotopic (exact) mass is 351 g/mol. The number of benzene rings is 2. The Bertz CT molecular complexity index is 631. The molecular formula is C15H14BrNO2S. The Balaban J connectivity index is 2.31. The van der Waals surface area contributed by atoms with Gasteiger partial charge < -0.3 is 15.2 Å². The minimum Gasteiger partial charge on any atom is -0.457 e. The van der Waals surface area contributed by atoms with Crippen molar-refractivity contribution in [3.8, 4) is 11.5 Å². The fourth-order valence-electron chi connectivity index (χ4n) is 1.78. The van der Waals surface area contributed by atoms with Crippen molar-refractivity contribution < 1.29 is 9.47 Å². The van der Waals surface area contributed by atoms with Crippen molar-refractivity contribution in [3.63, 3.8) is 0 Å². The quantitative estimate of drug-likeness (QED) is 0.826. The number of ether oxygens (including phenoxy) is 2. The fraction of sp³-hybridized carbons (Fsp3) is 0.133. The van der Waals surface area contributed by atoms with Crippen LogP contribution in [0.4, 0.5) is 0 Å². The molecule has 0 aliphatic rings. The number of thiocarbonyl (C=S) groups is 1. The molecule has 2 rings (SSSR count). The molecule has 0 heterocycles. The molecular weight excluding hydrogens is 338 g/mol. The lowest BCUT2D eigenvalue weighted by Crippen LogP contribution is -2.10. The maximum Gasteiger partial charge on any atom is 0.138 e. The number of hydrogen-bond acceptors (Lipinski definition) is 3. The molecule has 0 aliphatic carbocycles. The zero-order valence-corrected chi connectivity index (χ0v) is 13.3. The van der Waals surface area contributed by atoms with E-state index in [4.69, 9.17) is 27.4 Å². The first-order valence-corrected chi connectivity index (χ1v) is 7.15. The lowest BCUT2D eigenvalue weighted by molar-refractivity contribution is 0.184. The van der Waals surface area contributed by atoms with Crippen LogP contribution in [0.5, 0.6) is 11.5 Å². The molecule has 2 N–H and O–H groups in total. The van der Waals surface area contributed by atoms with Crippen molar-refractivity contribution in [2.75, 3.05) is 7.11 Å². The van der Waals surface area contributed by atoms with Crippen molar-refractivity contribution in [1.29, 1.82) is 0 Å². The SMILES string of the molecule is COCc1cccc(Oc2cc(Br)ccc2C(N)=S)c1. The molecule has 5 heteroatoms. The van der Waals surface area contributed by atoms with Crippen molar-refractivity contribution in [3.05, 3.63) is 58.1 Å². The second-order valence-electron chi connectivity index (χ2n) is 4.19. The van der Waals surface area contributed by atoms with Gasteiger partial charge in [-0.05, 0) is 35.9 Å².